The van der Waals surface area contributed by atoms with Gasteiger partial charge < -0.3 is 101 Å². The highest BCUT2D eigenvalue weighted by Gasteiger charge is 2.40. The van der Waals surface area contributed by atoms with Crippen LogP contribution in [0.1, 0.15) is 182 Å². The first kappa shape index (κ1) is 83.4. The number of alkyl halides is 1. The number of esters is 1. The molecule has 0 aromatic heterocycles. The van der Waals surface area contributed by atoms with Crippen molar-refractivity contribution in [2.24, 2.45) is 17.2 Å². The van der Waals surface area contributed by atoms with Crippen LogP contribution >= 0.6 is 11.6 Å². The van der Waals surface area contributed by atoms with Crippen molar-refractivity contribution in [3.05, 3.63) is 11.8 Å². The fourth-order valence-corrected chi connectivity index (χ4v) is 9.80. The number of aliphatic hydroxyl groups is 4. The van der Waals surface area contributed by atoms with Crippen molar-refractivity contribution in [1.29, 1.82) is 0 Å². The predicted molar refractivity (Wildman–Crippen MR) is 339 cm³/mol. The minimum atomic E-state index is -2.75. The number of carbonyl (C=O) groups is 12. The number of unbranched alkanes of at least 4 members (excludes halogenated alkanes) is 15. The molecule has 10 amide bonds. The van der Waals surface area contributed by atoms with Crippen LogP contribution < -0.4 is 70.4 Å². The zero-order valence-electron chi connectivity index (χ0n) is 53.9. The third-order valence-corrected chi connectivity index (χ3v) is 15.4. The molecule has 0 spiro atoms. The summed E-state index contributed by atoms with van der Waals surface area (Å²) in [6.07, 6.45) is 6.63. The van der Waals surface area contributed by atoms with Gasteiger partial charge in [0.15, 0.2) is 12.1 Å². The predicted octanol–water partition coefficient (Wildman–Crippen LogP) is -2.38. The first-order chi connectivity index (χ1) is 43.8. The van der Waals surface area contributed by atoms with Crippen LogP contribution in [-0.4, -0.2) is 208 Å². The number of nitrogens with two attached hydrogens (primary N) is 3. The van der Waals surface area contributed by atoms with Crippen LogP contribution in [0.25, 0.3) is 0 Å². The largest absolute Gasteiger partial charge is 0.479 e. The Morgan fingerprint density at radius 2 is 1.07 bits per heavy atom. The maximum Gasteiger partial charge on any atom is 0.335 e. The van der Waals surface area contributed by atoms with Gasteiger partial charge in [0.1, 0.15) is 54.6 Å². The number of nitrogens with one attached hydrogen (secondary N) is 10. The molecule has 0 saturated carbocycles. The zero-order chi connectivity index (χ0) is 69.1. The van der Waals surface area contributed by atoms with Gasteiger partial charge in [-0.3, -0.25) is 47.9 Å². The number of hydrogen-bond acceptors (Lipinski definition) is 20. The summed E-state index contributed by atoms with van der Waals surface area (Å²) in [5.41, 5.74) is 16.8. The fourth-order valence-electron chi connectivity index (χ4n) is 9.62. The van der Waals surface area contributed by atoms with Gasteiger partial charge in [-0.05, 0) is 78.4 Å². The number of allylic oxidation sites excluding steroid dienone is 1. The lowest BCUT2D eigenvalue weighted by Gasteiger charge is -2.29. The first-order valence-corrected chi connectivity index (χ1v) is 32.8. The number of carboxylic acids is 1. The summed E-state index contributed by atoms with van der Waals surface area (Å²) >= 11 is 5.95. The Morgan fingerprint density at radius 3 is 1.59 bits per heavy atom. The van der Waals surface area contributed by atoms with Crippen LogP contribution in [0.5, 0.6) is 0 Å². The molecule has 21 N–H and O–H groups in total. The van der Waals surface area contributed by atoms with Gasteiger partial charge in [-0.15, -0.1) is 11.6 Å². The minimum Gasteiger partial charge on any atom is -0.479 e. The molecule has 12 atom stereocenters. The zero-order valence-corrected chi connectivity index (χ0v) is 54.6. The Kier molecular flexibility index (Phi) is 43.7. The van der Waals surface area contributed by atoms with E-state index in [4.69, 9.17) is 33.5 Å². The van der Waals surface area contributed by atoms with Crippen LogP contribution in [0.4, 0.5) is 0 Å². The van der Waals surface area contributed by atoms with E-state index in [0.717, 1.165) is 103 Å². The Hall–Kier alpha value is -6.61. The van der Waals surface area contributed by atoms with E-state index in [1.807, 2.05) is 0 Å². The van der Waals surface area contributed by atoms with Crippen LogP contribution in [0.15, 0.2) is 11.8 Å². The lowest BCUT2D eigenvalue weighted by molar-refractivity contribution is -0.153. The Balaban J connectivity index is 4.11. The second kappa shape index (κ2) is 48.2. The highest BCUT2D eigenvalue weighted by molar-refractivity contribution is 6.18. The van der Waals surface area contributed by atoms with E-state index in [9.17, 15) is 83.1 Å². The molecule has 1 rings (SSSR count). The first-order valence-electron chi connectivity index (χ1n) is 32.3. The van der Waals surface area contributed by atoms with Crippen LogP contribution in [-0.2, 0) is 62.3 Å². The molecule has 0 aliphatic carbocycles. The molecule has 0 aromatic rings. The van der Waals surface area contributed by atoms with Gasteiger partial charge in [-0.2, -0.15) is 0 Å². The molecule has 1 heterocycles. The number of rotatable bonds is 36. The standard InChI is InChI=1S/C60H106ClN13O18/c1-5-8-10-12-14-15-16-18-20-24-37(76)32-46(79)66-43-35-92-60(91)48(44(77)34-61)73-51(81)38(7-3)67-57(87)47(36(4)75)72-54(84)41(27-30-64)70-58(88)49(50(80)59(89)90)74-53(83)39(25-21-22-28-62)68-55(85)42(71-52(82)40(26-29-63)69-56(43)86)33-45(78)65-31-23-19-17-13-11-9-6-2/h7,36-37,39-44,47-50,75-77,80H,5-6,8-35,62-64H2,1-4H3,(H,65,78)(H,66,79)(H,67,87)(H,68,85)(H,69,86)(H,70,88)(H,71,82)(H,72,84)(H,73,81)(H,74,83)(H,89,90)/b38-7+/t36-,37+,39?,40?,41-,42-,43?,44+,47?,48?,49?,50-/m0/s1. The molecular weight excluding hydrogens is 1230 g/mol. The summed E-state index contributed by atoms with van der Waals surface area (Å²) in [5.74, 6) is -16.2. The van der Waals surface area contributed by atoms with Crippen molar-refractivity contribution >= 4 is 82.6 Å². The molecule has 31 nitrogen and oxygen atoms in total. The van der Waals surface area contributed by atoms with Crippen molar-refractivity contribution in [3.63, 3.8) is 0 Å². The minimum absolute atomic E-state index is 0.0802. The monoisotopic (exact) mass is 1330 g/mol. The van der Waals surface area contributed by atoms with E-state index >= 15 is 0 Å². The number of carboxylic acid groups (broad SMARTS) is 1. The van der Waals surface area contributed by atoms with E-state index in [2.05, 4.69) is 67.0 Å². The number of amides is 10. The second-order valence-electron chi connectivity index (χ2n) is 22.9. The topological polar surface area (TPSA) is 514 Å². The summed E-state index contributed by atoms with van der Waals surface area (Å²) in [4.78, 5) is 167. The summed E-state index contributed by atoms with van der Waals surface area (Å²) in [6, 6.07) is -15.6. The average Bonchev–Trinajstić information content (AvgIpc) is 3.68. The number of ether oxygens (including phenoxy) is 1. The molecule has 526 valence electrons. The Bertz CT molecular complexity index is 2360. The van der Waals surface area contributed by atoms with E-state index < -0.39 is 181 Å². The van der Waals surface area contributed by atoms with E-state index in [-0.39, 0.29) is 58.3 Å². The highest BCUT2D eigenvalue weighted by atomic mass is 35.5. The molecule has 6 unspecified atom stereocenters. The van der Waals surface area contributed by atoms with Crippen LogP contribution in [0.3, 0.4) is 0 Å². The molecule has 1 aliphatic rings. The van der Waals surface area contributed by atoms with E-state index in [1.54, 1.807) is 0 Å². The average molecular weight is 1330 g/mol. The lowest BCUT2D eigenvalue weighted by Crippen LogP contribution is -2.63. The van der Waals surface area contributed by atoms with E-state index in [0.29, 0.717) is 12.8 Å². The van der Waals surface area contributed by atoms with Gasteiger partial charge in [0.05, 0.1) is 37.0 Å². The van der Waals surface area contributed by atoms with Gasteiger partial charge in [-0.25, -0.2) is 9.59 Å². The summed E-state index contributed by atoms with van der Waals surface area (Å²) in [6.45, 7) is 4.98. The number of halogens is 1. The van der Waals surface area contributed by atoms with Gasteiger partial charge in [0.2, 0.25) is 53.2 Å². The molecule has 0 radical (unpaired) electrons. The molecule has 1 saturated heterocycles. The molecule has 32 heteroatoms. The quantitative estimate of drug-likeness (QED) is 0.0135. The van der Waals surface area contributed by atoms with E-state index in [1.165, 1.54) is 6.92 Å². The summed E-state index contributed by atoms with van der Waals surface area (Å²) in [5, 5.41) is 76.5. The Morgan fingerprint density at radius 1 is 0.576 bits per heavy atom. The molecular formula is C60H106ClN13O18. The highest BCUT2D eigenvalue weighted by Crippen LogP contribution is 2.15. The third kappa shape index (κ3) is 33.3. The number of aliphatic carboxylic acids is 1. The number of aliphatic hydroxyl groups excluding tert-OH is 4. The number of cyclic esters (lactones) is 1. The third-order valence-electron chi connectivity index (χ3n) is 15.1. The van der Waals surface area contributed by atoms with Crippen LogP contribution in [0, 0.1) is 0 Å². The van der Waals surface area contributed by atoms with Crippen molar-refractivity contribution in [2.75, 3.05) is 38.7 Å². The van der Waals surface area contributed by atoms with Gasteiger partial charge in [0.25, 0.3) is 5.91 Å². The van der Waals surface area contributed by atoms with Crippen molar-refractivity contribution < 1.29 is 87.8 Å². The maximum atomic E-state index is 14.5. The SMILES string of the molecule is C/C=C1/NC(=O)C([C@H](C)O)NC(=O)[C@H](CCN)NC(=O)C([C@H](O)C(=O)O)NC(=O)C(CCCCN)NC(=O)[C@H](CC(=O)NCCCCCCCCC)NC(=O)C(CCN)NC(=O)C(NC(=O)C[C@H](O)CCCCCCCCCCC)COC(=O)C([C@H](O)CCl)NC1=O. The van der Waals surface area contributed by atoms with Crippen molar-refractivity contribution in [1.82, 2.24) is 53.2 Å². The second-order valence-corrected chi connectivity index (χ2v) is 23.3. The lowest BCUT2D eigenvalue weighted by atomic mass is 10.0. The van der Waals surface area contributed by atoms with Crippen molar-refractivity contribution in [3.8, 4) is 0 Å². The molecule has 1 fully saturated rings. The molecule has 0 aromatic carbocycles. The van der Waals surface area contributed by atoms with Crippen LogP contribution in [0.2, 0.25) is 0 Å². The fraction of sp³-hybridized carbons (Fsp3) is 0.767. The smallest absolute Gasteiger partial charge is 0.335 e. The summed E-state index contributed by atoms with van der Waals surface area (Å²) in [7, 11) is 0. The van der Waals surface area contributed by atoms with Gasteiger partial charge in [0, 0.05) is 6.54 Å². The molecule has 0 bridgehead atoms. The molecule has 92 heavy (non-hydrogen) atoms. The normalized spacial score (nSPS) is 23.3. The Labute approximate surface area is 543 Å². The summed E-state index contributed by atoms with van der Waals surface area (Å²) < 4.78 is 5.42. The van der Waals surface area contributed by atoms with Crippen molar-refractivity contribution in [2.45, 2.75) is 255 Å². The molecule has 1 aliphatic heterocycles. The number of hydrogen-bond donors (Lipinski definition) is 18. The number of carbonyl (C=O) groups excluding carboxylic acids is 11. The van der Waals surface area contributed by atoms with Gasteiger partial charge in [-0.1, -0.05) is 116 Å². The van der Waals surface area contributed by atoms with Gasteiger partial charge >= 0.3 is 11.9 Å². The maximum absolute atomic E-state index is 14.5.